The zero-order chi connectivity index (χ0) is 17.8. The first kappa shape index (κ1) is 15.8. The van der Waals surface area contributed by atoms with E-state index >= 15 is 0 Å². The van der Waals surface area contributed by atoms with E-state index in [0.29, 0.717) is 5.56 Å². The Labute approximate surface area is 137 Å². The van der Waals surface area contributed by atoms with Crippen molar-refractivity contribution in [2.75, 3.05) is 5.32 Å². The van der Waals surface area contributed by atoms with E-state index in [4.69, 9.17) is 5.73 Å². The first-order valence-electron chi connectivity index (χ1n) is 7.26. The van der Waals surface area contributed by atoms with E-state index in [1.165, 1.54) is 12.1 Å². The average Bonchev–Trinajstić information content (AvgIpc) is 2.46. The minimum Gasteiger partial charge on any atom is -0.507 e. The number of nitrogens with one attached hydrogen (secondary N) is 1. The molecule has 0 spiro atoms. The molecule has 7 heteroatoms. The molecule has 2 aromatic carbocycles. The van der Waals surface area contributed by atoms with Crippen LogP contribution in [-0.2, 0) is 0 Å². The summed E-state index contributed by atoms with van der Waals surface area (Å²) in [6.07, 6.45) is -0.611. The van der Waals surface area contributed by atoms with Gasteiger partial charge < -0.3 is 26.4 Å². The molecule has 6 N–H and O–H groups in total. The van der Waals surface area contributed by atoms with Crippen molar-refractivity contribution in [3.8, 4) is 17.2 Å². The summed E-state index contributed by atoms with van der Waals surface area (Å²) in [6.45, 7) is 3.27. The maximum atomic E-state index is 12.9. The molecule has 0 amide bonds. The molecule has 0 aromatic heterocycles. The third-order valence-corrected chi connectivity index (χ3v) is 3.85. The highest BCUT2D eigenvalue weighted by molar-refractivity contribution is 6.32. The lowest BCUT2D eigenvalue weighted by Gasteiger charge is -2.24. The van der Waals surface area contributed by atoms with E-state index < -0.39 is 29.2 Å². The lowest BCUT2D eigenvalue weighted by Crippen LogP contribution is -2.29. The number of rotatable bonds is 2. The van der Waals surface area contributed by atoms with Gasteiger partial charge in [-0.1, -0.05) is 0 Å². The maximum absolute atomic E-state index is 12.9. The van der Waals surface area contributed by atoms with Gasteiger partial charge in [0.2, 0.25) is 5.78 Å². The van der Waals surface area contributed by atoms with Gasteiger partial charge in [0.05, 0.1) is 28.5 Å². The van der Waals surface area contributed by atoms with Gasteiger partial charge in [-0.15, -0.1) is 0 Å². The highest BCUT2D eigenvalue weighted by Crippen LogP contribution is 2.44. The summed E-state index contributed by atoms with van der Waals surface area (Å²) in [6, 6.07) is 3.81. The molecule has 124 valence electrons. The van der Waals surface area contributed by atoms with Crippen molar-refractivity contribution in [1.29, 1.82) is 0 Å². The van der Waals surface area contributed by atoms with Crippen molar-refractivity contribution in [1.82, 2.24) is 0 Å². The van der Waals surface area contributed by atoms with Crippen molar-refractivity contribution >= 4 is 17.3 Å². The molecule has 0 heterocycles. The Hall–Kier alpha value is -3.06. The van der Waals surface area contributed by atoms with E-state index in [0.717, 1.165) is 6.07 Å². The largest absolute Gasteiger partial charge is 0.507 e. The fourth-order valence-corrected chi connectivity index (χ4v) is 2.93. The summed E-state index contributed by atoms with van der Waals surface area (Å²) in [5.74, 6) is -2.55. The second-order valence-corrected chi connectivity index (χ2v) is 5.84. The van der Waals surface area contributed by atoms with Crippen molar-refractivity contribution in [2.24, 2.45) is 5.73 Å². The molecular formula is C17H16N2O5. The van der Waals surface area contributed by atoms with Crippen LogP contribution in [0.25, 0.3) is 0 Å². The second-order valence-electron chi connectivity index (χ2n) is 5.84. The first-order valence-corrected chi connectivity index (χ1v) is 7.26. The monoisotopic (exact) mass is 328 g/mol. The van der Waals surface area contributed by atoms with Crippen LogP contribution in [0.15, 0.2) is 18.2 Å². The Morgan fingerprint density at radius 3 is 2.17 bits per heavy atom. The number of fused-ring (bicyclic) bond motifs is 2. The Balaban J connectivity index is 2.37. The second kappa shape index (κ2) is 5.24. The summed E-state index contributed by atoms with van der Waals surface area (Å²) in [5.41, 5.74) is 5.66. The van der Waals surface area contributed by atoms with Crippen LogP contribution >= 0.6 is 0 Å². The molecule has 1 unspecified atom stereocenters. The molecular weight excluding hydrogens is 312 g/mol. The predicted molar refractivity (Wildman–Crippen MR) is 86.8 cm³/mol. The number of aromatic hydroxyl groups is 3. The number of carbonyl (C=O) groups excluding carboxylic acids is 2. The van der Waals surface area contributed by atoms with E-state index in [-0.39, 0.29) is 33.7 Å². The van der Waals surface area contributed by atoms with Gasteiger partial charge in [0, 0.05) is 11.6 Å². The number of ketones is 2. The van der Waals surface area contributed by atoms with Gasteiger partial charge in [-0.25, -0.2) is 0 Å². The van der Waals surface area contributed by atoms with E-state index in [1.807, 2.05) is 0 Å². The van der Waals surface area contributed by atoms with Crippen LogP contribution in [0, 0.1) is 6.92 Å². The molecule has 0 saturated heterocycles. The van der Waals surface area contributed by atoms with E-state index in [2.05, 4.69) is 5.32 Å². The molecule has 7 nitrogen and oxygen atoms in total. The first-order chi connectivity index (χ1) is 11.2. The summed E-state index contributed by atoms with van der Waals surface area (Å²) < 4.78 is 0. The molecule has 1 aliphatic rings. The number of benzene rings is 2. The molecule has 1 aliphatic carbocycles. The quantitative estimate of drug-likeness (QED) is 0.274. The Bertz CT molecular complexity index is 903. The van der Waals surface area contributed by atoms with E-state index in [9.17, 15) is 24.9 Å². The van der Waals surface area contributed by atoms with Crippen molar-refractivity contribution < 1.29 is 24.9 Å². The van der Waals surface area contributed by atoms with Crippen LogP contribution < -0.4 is 11.1 Å². The molecule has 3 rings (SSSR count). The predicted octanol–water partition coefficient (Wildman–Crippen LogP) is 1.60. The number of phenolic OH excluding ortho intramolecular Hbond substituents is 3. The summed E-state index contributed by atoms with van der Waals surface area (Å²) in [5, 5.41) is 32.9. The average molecular weight is 328 g/mol. The van der Waals surface area contributed by atoms with Gasteiger partial charge in [0.15, 0.2) is 5.78 Å². The van der Waals surface area contributed by atoms with Gasteiger partial charge in [-0.3, -0.25) is 9.59 Å². The van der Waals surface area contributed by atoms with Crippen molar-refractivity contribution in [2.45, 2.75) is 20.0 Å². The molecule has 1 atom stereocenters. The van der Waals surface area contributed by atoms with Gasteiger partial charge in [0.1, 0.15) is 17.2 Å². The number of phenols is 3. The van der Waals surface area contributed by atoms with Crippen LogP contribution in [-0.4, -0.2) is 33.1 Å². The number of aryl methyl sites for hydroxylation is 1. The van der Waals surface area contributed by atoms with Crippen LogP contribution in [0.4, 0.5) is 5.69 Å². The molecule has 0 fully saturated rings. The molecule has 2 aromatic rings. The van der Waals surface area contributed by atoms with Crippen LogP contribution in [0.3, 0.4) is 0 Å². The van der Waals surface area contributed by atoms with Crippen LogP contribution in [0.2, 0.25) is 0 Å². The zero-order valence-electron chi connectivity index (χ0n) is 13.0. The summed E-state index contributed by atoms with van der Waals surface area (Å²) >= 11 is 0. The number of carbonyl (C=O) groups is 2. The summed E-state index contributed by atoms with van der Waals surface area (Å²) in [7, 11) is 0. The zero-order valence-corrected chi connectivity index (χ0v) is 13.0. The topological polar surface area (TPSA) is 133 Å². The minimum absolute atomic E-state index is 0.0164. The Morgan fingerprint density at radius 2 is 1.54 bits per heavy atom. The van der Waals surface area contributed by atoms with Gasteiger partial charge >= 0.3 is 0 Å². The van der Waals surface area contributed by atoms with Crippen LogP contribution in [0.5, 0.6) is 17.2 Å². The summed E-state index contributed by atoms with van der Waals surface area (Å²) in [4.78, 5) is 25.6. The van der Waals surface area contributed by atoms with Crippen molar-refractivity contribution in [3.63, 3.8) is 0 Å². The smallest absolute Gasteiger partial charge is 0.202 e. The third kappa shape index (κ3) is 2.17. The van der Waals surface area contributed by atoms with E-state index in [1.54, 1.807) is 13.8 Å². The molecule has 0 saturated carbocycles. The van der Waals surface area contributed by atoms with Gasteiger partial charge in [-0.05, 0) is 31.5 Å². The highest BCUT2D eigenvalue weighted by atomic mass is 16.3. The highest BCUT2D eigenvalue weighted by Gasteiger charge is 2.37. The molecule has 0 radical (unpaired) electrons. The fraction of sp³-hybridized carbons (Fsp3) is 0.176. The maximum Gasteiger partial charge on any atom is 0.202 e. The molecule has 24 heavy (non-hydrogen) atoms. The third-order valence-electron chi connectivity index (χ3n) is 3.85. The van der Waals surface area contributed by atoms with Crippen molar-refractivity contribution in [3.05, 3.63) is 46.0 Å². The Morgan fingerprint density at radius 1 is 0.917 bits per heavy atom. The van der Waals surface area contributed by atoms with Crippen LogP contribution in [0.1, 0.15) is 44.3 Å². The lowest BCUT2D eigenvalue weighted by molar-refractivity contribution is 0.0974. The lowest BCUT2D eigenvalue weighted by atomic mass is 9.81. The minimum atomic E-state index is -0.692. The normalized spacial score (nSPS) is 14.1. The number of anilines is 1. The van der Waals surface area contributed by atoms with Gasteiger partial charge in [0.25, 0.3) is 0 Å². The fourth-order valence-electron chi connectivity index (χ4n) is 2.93. The SMILES string of the molecule is Cc1cc(O)c2c(c1)C(=O)c1c(NC(C)N)c(O)cc(O)c1C2=O. The Kier molecular flexibility index (Phi) is 3.46. The molecule has 0 bridgehead atoms. The van der Waals surface area contributed by atoms with Gasteiger partial charge in [-0.2, -0.15) is 0 Å². The standard InChI is InChI=1S/C17H16N2O5/c1-6-3-8-12(9(20)4-6)17(24)13-10(21)5-11(22)15(19-7(2)18)14(13)16(8)23/h3-5,7,19-22H,18H2,1-2H3. The number of nitrogens with two attached hydrogens (primary N) is 1. The number of hydrogen-bond donors (Lipinski definition) is 5. The number of hydrogen-bond acceptors (Lipinski definition) is 7. The molecule has 0 aliphatic heterocycles.